The molecule has 0 bridgehead atoms. The summed E-state index contributed by atoms with van der Waals surface area (Å²) in [6.07, 6.45) is 4.59. The number of hydrogen-bond acceptors (Lipinski definition) is 4. The van der Waals surface area contributed by atoms with E-state index in [-0.39, 0.29) is 5.91 Å². The van der Waals surface area contributed by atoms with Gasteiger partial charge >= 0.3 is 5.97 Å². The Morgan fingerprint density at radius 2 is 2.06 bits per heavy atom. The van der Waals surface area contributed by atoms with Crippen molar-refractivity contribution in [3.8, 4) is 0 Å². The second-order valence-electron chi connectivity index (χ2n) is 3.65. The molecule has 0 aliphatic rings. The number of amides is 1. The molecule has 6 heteroatoms. The summed E-state index contributed by atoms with van der Waals surface area (Å²) >= 11 is 3.13. The van der Waals surface area contributed by atoms with E-state index in [1.807, 2.05) is 6.26 Å². The number of carbonyl (C=O) groups is 2. The number of rotatable bonds is 10. The number of unbranched alkanes of at least 4 members (excludes halogenated alkanes) is 1. The molecule has 17 heavy (non-hydrogen) atoms. The van der Waals surface area contributed by atoms with Gasteiger partial charge in [0.05, 0.1) is 5.75 Å². The molecule has 0 spiro atoms. The van der Waals surface area contributed by atoms with E-state index in [4.69, 9.17) is 5.11 Å². The van der Waals surface area contributed by atoms with E-state index in [1.54, 1.807) is 23.5 Å². The molecule has 0 saturated carbocycles. The summed E-state index contributed by atoms with van der Waals surface area (Å²) in [5, 5.41) is 11.5. The molecule has 1 unspecified atom stereocenters. The summed E-state index contributed by atoms with van der Waals surface area (Å²) in [6.45, 7) is 2.10. The first-order chi connectivity index (χ1) is 8.11. The van der Waals surface area contributed by atoms with Gasteiger partial charge in [0.1, 0.15) is 6.04 Å². The van der Waals surface area contributed by atoms with Crippen LogP contribution in [0.5, 0.6) is 0 Å². The lowest BCUT2D eigenvalue weighted by Crippen LogP contribution is -2.42. The van der Waals surface area contributed by atoms with Crippen LogP contribution in [-0.2, 0) is 9.59 Å². The third-order valence-electron chi connectivity index (χ3n) is 2.12. The first-order valence-corrected chi connectivity index (χ1v) is 8.25. The topological polar surface area (TPSA) is 66.4 Å². The highest BCUT2D eigenvalue weighted by Gasteiger charge is 2.18. The van der Waals surface area contributed by atoms with Gasteiger partial charge in [0.2, 0.25) is 5.91 Å². The Bertz CT molecular complexity index is 237. The lowest BCUT2D eigenvalue weighted by atomic mass is 10.2. The molecule has 0 fully saturated rings. The fraction of sp³-hybridized carbons (Fsp3) is 0.818. The molecular formula is C11H21NO3S2. The predicted molar refractivity (Wildman–Crippen MR) is 74.8 cm³/mol. The lowest BCUT2D eigenvalue weighted by Gasteiger charge is -2.13. The Balaban J connectivity index is 3.83. The highest BCUT2D eigenvalue weighted by molar-refractivity contribution is 7.99. The van der Waals surface area contributed by atoms with E-state index in [0.29, 0.717) is 12.2 Å². The molecule has 0 aromatic heterocycles. The Labute approximate surface area is 111 Å². The minimum absolute atomic E-state index is 0.181. The predicted octanol–water partition coefficient (Wildman–Crippen LogP) is 1.84. The molecule has 100 valence electrons. The highest BCUT2D eigenvalue weighted by atomic mass is 32.2. The minimum Gasteiger partial charge on any atom is -0.480 e. The van der Waals surface area contributed by atoms with Crippen LogP contribution in [0.2, 0.25) is 0 Å². The van der Waals surface area contributed by atoms with Gasteiger partial charge < -0.3 is 10.4 Å². The first kappa shape index (κ1) is 16.6. The summed E-state index contributed by atoms with van der Waals surface area (Å²) in [5.74, 6) is 0.904. The van der Waals surface area contributed by atoms with Gasteiger partial charge in [-0.2, -0.15) is 23.5 Å². The molecular weight excluding hydrogens is 258 g/mol. The minimum atomic E-state index is -0.953. The molecule has 0 rings (SSSR count). The van der Waals surface area contributed by atoms with Crippen molar-refractivity contribution in [3.05, 3.63) is 0 Å². The zero-order chi connectivity index (χ0) is 13.1. The van der Waals surface area contributed by atoms with E-state index in [2.05, 4.69) is 12.2 Å². The van der Waals surface area contributed by atoms with Crippen LogP contribution in [0.1, 0.15) is 26.2 Å². The first-order valence-electron chi connectivity index (χ1n) is 5.70. The van der Waals surface area contributed by atoms with E-state index in [9.17, 15) is 9.59 Å². The molecule has 0 aliphatic heterocycles. The van der Waals surface area contributed by atoms with Gasteiger partial charge in [0, 0.05) is 0 Å². The van der Waals surface area contributed by atoms with Gasteiger partial charge in [0.25, 0.3) is 0 Å². The smallest absolute Gasteiger partial charge is 0.326 e. The Hall–Kier alpha value is -0.360. The number of carbonyl (C=O) groups excluding carboxylic acids is 1. The van der Waals surface area contributed by atoms with Crippen LogP contribution in [-0.4, -0.2) is 46.5 Å². The molecule has 1 atom stereocenters. The van der Waals surface area contributed by atoms with Gasteiger partial charge in [-0.15, -0.1) is 0 Å². The fourth-order valence-electron chi connectivity index (χ4n) is 1.14. The van der Waals surface area contributed by atoms with Crippen LogP contribution in [0, 0.1) is 0 Å². The van der Waals surface area contributed by atoms with Gasteiger partial charge in [0.15, 0.2) is 0 Å². The summed E-state index contributed by atoms with van der Waals surface area (Å²) < 4.78 is 0. The summed E-state index contributed by atoms with van der Waals surface area (Å²) in [5.41, 5.74) is 0. The third-order valence-corrected chi connectivity index (χ3v) is 3.81. The second kappa shape index (κ2) is 10.8. The molecule has 0 heterocycles. The van der Waals surface area contributed by atoms with Gasteiger partial charge in [-0.3, -0.25) is 4.79 Å². The van der Waals surface area contributed by atoms with Crippen LogP contribution in [0.3, 0.4) is 0 Å². The van der Waals surface area contributed by atoms with Gasteiger partial charge in [-0.1, -0.05) is 13.3 Å². The van der Waals surface area contributed by atoms with E-state index < -0.39 is 12.0 Å². The SMILES string of the molecule is CCCCSCC(=O)NC(CCSC)C(=O)O. The maximum Gasteiger partial charge on any atom is 0.326 e. The molecule has 0 aromatic carbocycles. The fourth-order valence-corrected chi connectivity index (χ4v) is 2.52. The van der Waals surface area contributed by atoms with Crippen LogP contribution in [0.15, 0.2) is 0 Å². The molecule has 2 N–H and O–H groups in total. The standard InChI is InChI=1S/C11H21NO3S2/c1-3-4-6-17-8-10(13)12-9(11(14)15)5-7-16-2/h9H,3-8H2,1-2H3,(H,12,13)(H,14,15). The van der Waals surface area contributed by atoms with Crippen molar-refractivity contribution in [2.24, 2.45) is 0 Å². The largest absolute Gasteiger partial charge is 0.480 e. The molecule has 0 saturated heterocycles. The third kappa shape index (κ3) is 9.35. The lowest BCUT2D eigenvalue weighted by molar-refractivity contribution is -0.141. The zero-order valence-electron chi connectivity index (χ0n) is 10.4. The van der Waals surface area contributed by atoms with Crippen molar-refractivity contribution < 1.29 is 14.7 Å². The average Bonchev–Trinajstić information content (AvgIpc) is 2.29. The van der Waals surface area contributed by atoms with E-state index in [0.717, 1.165) is 24.3 Å². The van der Waals surface area contributed by atoms with Crippen molar-refractivity contribution >= 4 is 35.4 Å². The van der Waals surface area contributed by atoms with Gasteiger partial charge in [-0.25, -0.2) is 4.79 Å². The van der Waals surface area contributed by atoms with Crippen LogP contribution < -0.4 is 5.32 Å². The maximum absolute atomic E-state index is 11.5. The Morgan fingerprint density at radius 1 is 1.35 bits per heavy atom. The summed E-state index contributed by atoms with van der Waals surface area (Å²) in [4.78, 5) is 22.4. The molecule has 0 aromatic rings. The molecule has 0 radical (unpaired) electrons. The molecule has 0 aliphatic carbocycles. The van der Waals surface area contributed by atoms with Crippen LogP contribution in [0.4, 0.5) is 0 Å². The molecule has 4 nitrogen and oxygen atoms in total. The maximum atomic E-state index is 11.5. The van der Waals surface area contributed by atoms with Crippen LogP contribution in [0.25, 0.3) is 0 Å². The number of carboxylic acid groups (broad SMARTS) is 1. The van der Waals surface area contributed by atoms with Crippen molar-refractivity contribution in [3.63, 3.8) is 0 Å². The Morgan fingerprint density at radius 3 is 2.59 bits per heavy atom. The molecule has 1 amide bonds. The number of nitrogens with one attached hydrogen (secondary N) is 1. The highest BCUT2D eigenvalue weighted by Crippen LogP contribution is 2.05. The van der Waals surface area contributed by atoms with Crippen LogP contribution >= 0.6 is 23.5 Å². The van der Waals surface area contributed by atoms with Crippen molar-refractivity contribution in [2.45, 2.75) is 32.2 Å². The van der Waals surface area contributed by atoms with E-state index >= 15 is 0 Å². The number of carboxylic acids is 1. The summed E-state index contributed by atoms with van der Waals surface area (Å²) in [7, 11) is 0. The normalized spacial score (nSPS) is 12.1. The average molecular weight is 279 g/mol. The second-order valence-corrected chi connectivity index (χ2v) is 5.74. The van der Waals surface area contributed by atoms with Crippen molar-refractivity contribution in [1.29, 1.82) is 0 Å². The zero-order valence-corrected chi connectivity index (χ0v) is 12.0. The quantitative estimate of drug-likeness (QED) is 0.597. The number of thioether (sulfide) groups is 2. The number of hydrogen-bond donors (Lipinski definition) is 2. The summed E-state index contributed by atoms with van der Waals surface area (Å²) in [6, 6.07) is -0.748. The Kier molecular flexibility index (Phi) is 10.5. The van der Waals surface area contributed by atoms with Crippen molar-refractivity contribution in [2.75, 3.05) is 23.5 Å². The monoisotopic (exact) mass is 279 g/mol. The van der Waals surface area contributed by atoms with Crippen molar-refractivity contribution in [1.82, 2.24) is 5.32 Å². The van der Waals surface area contributed by atoms with Gasteiger partial charge in [-0.05, 0) is 30.6 Å². The van der Waals surface area contributed by atoms with E-state index in [1.165, 1.54) is 0 Å². The number of aliphatic carboxylic acids is 1.